The lowest BCUT2D eigenvalue weighted by atomic mass is 9.71. The molecule has 1 aromatic rings. The summed E-state index contributed by atoms with van der Waals surface area (Å²) >= 11 is 0. The Morgan fingerprint density at radius 1 is 1.07 bits per heavy atom. The molecule has 1 heterocycles. The molecule has 0 radical (unpaired) electrons. The fraction of sp³-hybridized carbons (Fsp3) is 0.619. The average Bonchev–Trinajstić information content (AvgIpc) is 2.85. The first-order chi connectivity index (χ1) is 13.1. The Morgan fingerprint density at radius 2 is 1.62 bits per heavy atom. The van der Waals surface area contributed by atoms with Crippen molar-refractivity contribution in [2.75, 3.05) is 13.1 Å². The van der Waals surface area contributed by atoms with E-state index in [0.29, 0.717) is 18.5 Å². The highest BCUT2D eigenvalue weighted by atomic mass is 19.4. The van der Waals surface area contributed by atoms with E-state index < -0.39 is 35.2 Å². The summed E-state index contributed by atoms with van der Waals surface area (Å²) in [6, 6.07) is 3.28. The predicted molar refractivity (Wildman–Crippen MR) is 103 cm³/mol. The fourth-order valence-electron chi connectivity index (χ4n) is 4.36. The van der Waals surface area contributed by atoms with Gasteiger partial charge in [-0.1, -0.05) is 46.8 Å². The van der Waals surface area contributed by atoms with Crippen molar-refractivity contribution < 1.29 is 27.9 Å². The van der Waals surface area contributed by atoms with Crippen LogP contribution in [0.15, 0.2) is 24.3 Å². The first-order valence-corrected chi connectivity index (χ1v) is 9.56. The molecule has 1 aliphatic rings. The number of hydrogen-bond acceptors (Lipinski definition) is 2. The van der Waals surface area contributed by atoms with Crippen LogP contribution in [0.1, 0.15) is 52.2 Å². The van der Waals surface area contributed by atoms with Crippen LogP contribution >= 0.6 is 0 Å². The van der Waals surface area contributed by atoms with Crippen LogP contribution in [-0.4, -0.2) is 46.0 Å². The lowest BCUT2D eigenvalue weighted by molar-refractivity contribution is -0.147. The minimum atomic E-state index is -4.41. The van der Waals surface area contributed by atoms with Crippen molar-refractivity contribution >= 4 is 12.0 Å². The van der Waals surface area contributed by atoms with Crippen molar-refractivity contribution in [1.29, 1.82) is 0 Å². The third-order valence-electron chi connectivity index (χ3n) is 5.05. The van der Waals surface area contributed by atoms with Crippen molar-refractivity contribution in [2.45, 2.75) is 59.8 Å². The maximum atomic E-state index is 12.9. The SMILES string of the molecule is CC(C)(C)CC(C)(C)[C@@H](C(=O)O)N1CCN(Cc2ccc(C(F)(F)F)cc2)C1=O. The summed E-state index contributed by atoms with van der Waals surface area (Å²) in [7, 11) is 0. The summed E-state index contributed by atoms with van der Waals surface area (Å²) in [6.07, 6.45) is -3.80. The van der Waals surface area contributed by atoms with Gasteiger partial charge < -0.3 is 14.9 Å². The van der Waals surface area contributed by atoms with Gasteiger partial charge in [0.05, 0.1) is 5.56 Å². The van der Waals surface area contributed by atoms with Crippen LogP contribution in [0.3, 0.4) is 0 Å². The minimum Gasteiger partial charge on any atom is -0.480 e. The Kier molecular flexibility index (Phi) is 6.26. The molecule has 0 bridgehead atoms. The molecule has 0 spiro atoms. The number of carbonyl (C=O) groups excluding carboxylic acids is 1. The van der Waals surface area contributed by atoms with Crippen molar-refractivity contribution in [2.24, 2.45) is 10.8 Å². The molecule has 1 saturated heterocycles. The number of halogens is 3. The number of carboxylic acids is 1. The van der Waals surface area contributed by atoms with Gasteiger partial charge >= 0.3 is 18.2 Å². The third kappa shape index (κ3) is 5.64. The molecule has 0 aromatic heterocycles. The largest absolute Gasteiger partial charge is 0.480 e. The maximum Gasteiger partial charge on any atom is 0.416 e. The number of benzene rings is 1. The molecule has 0 aliphatic carbocycles. The van der Waals surface area contributed by atoms with Gasteiger partial charge in [0, 0.05) is 19.6 Å². The second-order valence-corrected chi connectivity index (χ2v) is 9.56. The fourth-order valence-corrected chi connectivity index (χ4v) is 4.36. The summed E-state index contributed by atoms with van der Waals surface area (Å²) in [5.41, 5.74) is -0.941. The monoisotopic (exact) mass is 414 g/mol. The molecule has 1 aliphatic heterocycles. The van der Waals surface area contributed by atoms with Gasteiger partial charge in [-0.3, -0.25) is 0 Å². The van der Waals surface area contributed by atoms with Gasteiger partial charge in [0.1, 0.15) is 6.04 Å². The standard InChI is InChI=1S/C21H29F3N2O3/c1-19(2,3)13-20(4,5)16(17(27)28)26-11-10-25(18(26)29)12-14-6-8-15(9-7-14)21(22,23)24/h6-9,16H,10-13H2,1-5H3,(H,27,28)/t16-/m1/s1. The number of rotatable bonds is 6. The normalized spacial score (nSPS) is 17.0. The molecule has 1 N–H and O–H groups in total. The second kappa shape index (κ2) is 7.88. The summed E-state index contributed by atoms with van der Waals surface area (Å²) in [4.78, 5) is 27.8. The Labute approximate surface area is 169 Å². The van der Waals surface area contributed by atoms with Crippen molar-refractivity contribution in [3.05, 3.63) is 35.4 Å². The van der Waals surface area contributed by atoms with E-state index >= 15 is 0 Å². The molecule has 0 unspecified atom stereocenters. The Bertz CT molecular complexity index is 752. The maximum absolute atomic E-state index is 12.9. The zero-order chi connectivity index (χ0) is 22.2. The first kappa shape index (κ1) is 23.0. The van der Waals surface area contributed by atoms with Crippen LogP contribution < -0.4 is 0 Å². The lowest BCUT2D eigenvalue weighted by Gasteiger charge is -2.40. The number of amides is 2. The zero-order valence-corrected chi connectivity index (χ0v) is 17.5. The molecular formula is C21H29F3N2O3. The van der Waals surface area contributed by atoms with Crippen LogP contribution in [0.4, 0.5) is 18.0 Å². The molecule has 162 valence electrons. The van der Waals surface area contributed by atoms with Crippen LogP contribution in [-0.2, 0) is 17.5 Å². The van der Waals surface area contributed by atoms with Crippen LogP contribution in [0.5, 0.6) is 0 Å². The molecule has 1 fully saturated rings. The van der Waals surface area contributed by atoms with Crippen molar-refractivity contribution in [1.82, 2.24) is 9.80 Å². The Balaban J connectivity index is 2.15. The zero-order valence-electron chi connectivity index (χ0n) is 17.5. The van der Waals surface area contributed by atoms with Crippen LogP contribution in [0.25, 0.3) is 0 Å². The van der Waals surface area contributed by atoms with Gasteiger partial charge in [-0.15, -0.1) is 0 Å². The van der Waals surface area contributed by atoms with Gasteiger partial charge in [-0.2, -0.15) is 13.2 Å². The molecule has 5 nitrogen and oxygen atoms in total. The van der Waals surface area contributed by atoms with Gasteiger partial charge in [-0.05, 0) is 34.9 Å². The summed E-state index contributed by atoms with van der Waals surface area (Å²) < 4.78 is 38.1. The van der Waals surface area contributed by atoms with Crippen molar-refractivity contribution in [3.8, 4) is 0 Å². The Morgan fingerprint density at radius 3 is 2.07 bits per heavy atom. The summed E-state index contributed by atoms with van der Waals surface area (Å²) in [5, 5.41) is 9.85. The van der Waals surface area contributed by atoms with Crippen molar-refractivity contribution in [3.63, 3.8) is 0 Å². The van der Waals surface area contributed by atoms with Crippen LogP contribution in [0, 0.1) is 10.8 Å². The Hall–Kier alpha value is -2.25. The van der Waals surface area contributed by atoms with E-state index in [2.05, 4.69) is 0 Å². The summed E-state index contributed by atoms with van der Waals surface area (Å²) in [6.45, 7) is 10.5. The highest BCUT2D eigenvalue weighted by molar-refractivity contribution is 5.84. The third-order valence-corrected chi connectivity index (χ3v) is 5.05. The number of carbonyl (C=O) groups is 2. The van der Waals surface area contributed by atoms with Gasteiger partial charge in [0.2, 0.25) is 0 Å². The van der Waals surface area contributed by atoms with E-state index in [0.717, 1.165) is 12.1 Å². The highest BCUT2D eigenvalue weighted by Gasteiger charge is 2.46. The highest BCUT2D eigenvalue weighted by Crippen LogP contribution is 2.39. The second-order valence-electron chi connectivity index (χ2n) is 9.56. The molecule has 8 heteroatoms. The first-order valence-electron chi connectivity index (χ1n) is 9.56. The van der Waals surface area contributed by atoms with E-state index in [1.807, 2.05) is 34.6 Å². The molecule has 29 heavy (non-hydrogen) atoms. The molecule has 1 atom stereocenters. The number of alkyl halides is 3. The van der Waals surface area contributed by atoms with E-state index in [1.165, 1.54) is 21.9 Å². The van der Waals surface area contributed by atoms with E-state index in [-0.39, 0.29) is 18.5 Å². The van der Waals surface area contributed by atoms with E-state index in [1.54, 1.807) is 0 Å². The molecule has 2 rings (SSSR count). The number of urea groups is 1. The van der Waals surface area contributed by atoms with Gasteiger partial charge in [-0.25, -0.2) is 9.59 Å². The number of carboxylic acid groups (broad SMARTS) is 1. The smallest absolute Gasteiger partial charge is 0.416 e. The number of aliphatic carboxylic acids is 1. The van der Waals surface area contributed by atoms with Gasteiger partial charge in [0.15, 0.2) is 0 Å². The van der Waals surface area contributed by atoms with Gasteiger partial charge in [0.25, 0.3) is 0 Å². The number of nitrogens with zero attached hydrogens (tertiary/aromatic N) is 2. The minimum absolute atomic E-state index is 0.111. The summed E-state index contributed by atoms with van der Waals surface area (Å²) in [5.74, 6) is -1.05. The van der Waals surface area contributed by atoms with E-state index in [9.17, 15) is 27.9 Å². The quantitative estimate of drug-likeness (QED) is 0.723. The lowest BCUT2D eigenvalue weighted by Crippen LogP contribution is -2.52. The van der Waals surface area contributed by atoms with Crippen LogP contribution in [0.2, 0.25) is 0 Å². The number of hydrogen-bond donors (Lipinski definition) is 1. The predicted octanol–water partition coefficient (Wildman–Crippen LogP) is 4.86. The molecule has 0 saturated carbocycles. The molecule has 1 aromatic carbocycles. The average molecular weight is 414 g/mol. The molecule has 2 amide bonds. The topological polar surface area (TPSA) is 60.9 Å². The van der Waals surface area contributed by atoms with E-state index in [4.69, 9.17) is 0 Å². The molecular weight excluding hydrogens is 385 g/mol.